The van der Waals surface area contributed by atoms with Gasteiger partial charge in [-0.1, -0.05) is 198 Å². The van der Waals surface area contributed by atoms with Crippen molar-refractivity contribution in [1.29, 1.82) is 0 Å². The fraction of sp³-hybridized carbons (Fsp3) is 0.0654. The molecule has 700 valence electrons. The van der Waals surface area contributed by atoms with Gasteiger partial charge in [-0.15, -0.1) is 0 Å². The second-order valence-corrected chi connectivity index (χ2v) is 30.1. The number of nitrogens with zero attached hydrogens (tertiary/aromatic N) is 9. The van der Waals surface area contributed by atoms with E-state index in [1.165, 1.54) is 0 Å². The fourth-order valence-electron chi connectivity index (χ4n) is 13.7. The maximum Gasteiger partial charge on any atom is 0.359 e. The quantitative estimate of drug-likeness (QED) is 0.0123. The summed E-state index contributed by atoms with van der Waals surface area (Å²) in [6, 6.07) is 123. The topological polar surface area (TPSA) is 433 Å². The van der Waals surface area contributed by atoms with Crippen molar-refractivity contribution >= 4 is 100 Å². The Labute approximate surface area is 805 Å². The highest BCUT2D eigenvalue weighted by atomic mass is 79.9. The van der Waals surface area contributed by atoms with Gasteiger partial charge in [0.15, 0.2) is 28.5 Å². The predicted molar refractivity (Wildman–Crippen MR) is 533 cm³/mol. The average molecular weight is 1930 g/mol. The molecule has 0 aliphatic carbocycles. The molecule has 0 radical (unpaired) electrons. The monoisotopic (exact) mass is 1920 g/mol. The molecule has 20 rings (SSSR count). The molecule has 0 spiro atoms. The zero-order valence-electron chi connectivity index (χ0n) is 74.9. The number of nitrogens with one attached hydrogen (secondary N) is 3. The zero-order valence-corrected chi connectivity index (χ0v) is 76.5. The largest absolute Gasteiger partial charge is 0.461 e. The number of aliphatic hydroxyl groups excluding tert-OH is 2. The molecule has 0 bridgehead atoms. The first-order chi connectivity index (χ1) is 68.1. The molecule has 5 heterocycles. The number of nitrogens with two attached hydrogens (primary N) is 3. The predicted octanol–water partition coefficient (Wildman–Crippen LogP) is 20.6. The number of halogens is 1. The summed E-state index contributed by atoms with van der Waals surface area (Å²) in [6.45, 7) is 4.26. The van der Waals surface area contributed by atoms with Crippen LogP contribution in [-0.4, -0.2) is 133 Å². The molecule has 32 heteroatoms. The van der Waals surface area contributed by atoms with Gasteiger partial charge >= 0.3 is 11.9 Å². The number of aromatic nitrogens is 10. The van der Waals surface area contributed by atoms with Gasteiger partial charge in [-0.3, -0.25) is 24.7 Å². The number of fused-ring (bicyclic) bond motifs is 5. The van der Waals surface area contributed by atoms with Crippen LogP contribution < -0.4 is 51.8 Å². The van der Waals surface area contributed by atoms with Crippen LogP contribution in [0.5, 0.6) is 57.5 Å². The number of carbonyl (C=O) groups excluding carboxylic acids is 5. The van der Waals surface area contributed by atoms with Gasteiger partial charge in [0.1, 0.15) is 64.2 Å². The summed E-state index contributed by atoms with van der Waals surface area (Å²) in [4.78, 5) is 59.4. The van der Waals surface area contributed by atoms with Gasteiger partial charge in [-0.05, 0) is 226 Å². The SMILES string of the molecule is Brc1ccc(Oc2ccccc2)cc1.CCOC(=O)c1n[nH]c2ccccc12.CCOC(=O)c1nn(-c2ccc(Oc3ccccc3)cc2)c2ccccc12.NC(=O)c1nn(-c2ccc(Oc3ccccc3)cc2)c2ccccc12.NCCO.NO.O=C(NCO)c1nn(-c2ccc(Oc3ccccc3)cc2)c2ccccc12.O=C(NO)c1nn(-c2ccc(Oc3ccccc3)cc2)c2ccccc12. The van der Waals surface area contributed by atoms with E-state index in [1.54, 1.807) is 44.1 Å². The van der Waals surface area contributed by atoms with Crippen LogP contribution in [0.3, 0.4) is 0 Å². The number of ether oxygens (including phenoxy) is 7. The Balaban J connectivity index is 0.000000141. The lowest BCUT2D eigenvalue weighted by Crippen LogP contribution is -2.24. The van der Waals surface area contributed by atoms with Crippen molar-refractivity contribution < 1.29 is 77.8 Å². The number of primary amides is 1. The number of hydroxylamine groups is 1. The minimum atomic E-state index is -0.649. The molecule has 0 unspecified atom stereocenters. The molecule has 31 nitrogen and oxygen atoms in total. The first kappa shape index (κ1) is 98.7. The Morgan fingerprint density at radius 2 is 0.583 bits per heavy atom. The van der Waals surface area contributed by atoms with Crippen LogP contribution in [0.25, 0.3) is 77.3 Å². The standard InChI is InChI=1S/C22H18N2O3.C21H17N3O3.C20H15N3O3.C20H15N3O2.C12H9BrO.C10H10N2O2.C2H7NO.H3NO/c1-2-26-22(25)21-19-10-6-7-11-20(19)24(23-21)16-12-14-18(15-13-16)27-17-8-4-3-5-9-17;25-14-22-21(26)20-18-8-4-5-9-19(18)24(23-20)15-10-12-17(13-11-15)27-16-6-2-1-3-7-16;24-20(22-25)19-17-8-4-5-9-18(17)23(21-19)14-10-12-16(13-11-14)26-15-6-2-1-3-7-15;21-20(24)19-17-8-4-5-9-18(17)23(22-19)14-10-12-16(13-11-14)25-15-6-2-1-3-7-15;13-10-6-8-12(9-7-10)14-11-4-2-1-3-5-11;1-2-14-10(13)9-7-5-3-4-6-8(7)11-12-9;3-1-2-4;1-2/h3-15H,2H2,1H3;1-13,25H,14H2,(H,22,26);1-13,25H,(H,22,24);1-13H,(H2,21,24);1-9H;3-6H,2H2,1H3,(H,11,12);4H,1-3H2;2H,1H2. The molecule has 0 fully saturated rings. The zero-order chi connectivity index (χ0) is 97.6. The highest BCUT2D eigenvalue weighted by Gasteiger charge is 2.23. The van der Waals surface area contributed by atoms with Crippen LogP contribution in [0.15, 0.2) is 399 Å². The molecule has 0 atom stereocenters. The third-order valence-corrected chi connectivity index (χ3v) is 20.5. The van der Waals surface area contributed by atoms with E-state index < -0.39 is 30.4 Å². The molecule has 0 saturated carbocycles. The number of esters is 2. The summed E-state index contributed by atoms with van der Waals surface area (Å²) >= 11 is 3.38. The summed E-state index contributed by atoms with van der Waals surface area (Å²) in [5.74, 6) is 8.72. The van der Waals surface area contributed by atoms with E-state index in [4.69, 9.17) is 65.3 Å². The number of aliphatic hydroxyl groups is 2. The van der Waals surface area contributed by atoms with Gasteiger partial charge in [0.2, 0.25) is 0 Å². The summed E-state index contributed by atoms with van der Waals surface area (Å²) < 4.78 is 46.7. The van der Waals surface area contributed by atoms with E-state index in [0.29, 0.717) is 53.4 Å². The number of aromatic amines is 1. The third kappa shape index (κ3) is 26.4. The van der Waals surface area contributed by atoms with Gasteiger partial charge in [0.05, 0.1) is 70.2 Å². The first-order valence-electron chi connectivity index (χ1n) is 43.3. The number of benzene rings is 15. The summed E-state index contributed by atoms with van der Waals surface area (Å²) in [5, 5.41) is 62.5. The lowest BCUT2D eigenvalue weighted by Gasteiger charge is -2.07. The van der Waals surface area contributed by atoms with Gasteiger partial charge < -0.3 is 65.4 Å². The van der Waals surface area contributed by atoms with Gasteiger partial charge in [-0.2, -0.15) is 25.5 Å². The van der Waals surface area contributed by atoms with Crippen molar-refractivity contribution in [2.75, 3.05) is 33.1 Å². The lowest BCUT2D eigenvalue weighted by atomic mass is 10.2. The van der Waals surface area contributed by atoms with E-state index in [0.717, 1.165) is 117 Å². The third-order valence-electron chi connectivity index (χ3n) is 19.9. The van der Waals surface area contributed by atoms with Crippen LogP contribution in [0.1, 0.15) is 66.3 Å². The molecule has 5 aromatic heterocycles. The number of carbonyl (C=O) groups is 5. The second-order valence-electron chi connectivity index (χ2n) is 29.2. The molecule has 0 saturated heterocycles. The van der Waals surface area contributed by atoms with E-state index in [1.807, 2.05) is 388 Å². The minimum absolute atomic E-state index is 0.0972. The number of para-hydroxylation sites is 10. The van der Waals surface area contributed by atoms with Gasteiger partial charge in [-0.25, -0.2) is 39.7 Å². The van der Waals surface area contributed by atoms with Crippen molar-refractivity contribution in [2.24, 2.45) is 17.4 Å². The molecule has 20 aromatic rings. The summed E-state index contributed by atoms with van der Waals surface area (Å²) in [7, 11) is 0. The fourth-order valence-corrected chi connectivity index (χ4v) is 14.0. The molecule has 139 heavy (non-hydrogen) atoms. The van der Waals surface area contributed by atoms with E-state index in [2.05, 4.69) is 57.7 Å². The Kier molecular flexibility index (Phi) is 35.8. The summed E-state index contributed by atoms with van der Waals surface area (Å²) in [5.41, 5.74) is 20.5. The number of H-pyrrole nitrogens is 1. The van der Waals surface area contributed by atoms with Crippen molar-refractivity contribution in [3.05, 3.63) is 427 Å². The molecule has 0 aliphatic heterocycles. The highest BCUT2D eigenvalue weighted by molar-refractivity contribution is 9.10. The Bertz CT molecular complexity index is 7170. The van der Waals surface area contributed by atoms with E-state index >= 15 is 0 Å². The minimum Gasteiger partial charge on any atom is -0.461 e. The van der Waals surface area contributed by atoms with Crippen molar-refractivity contribution in [3.8, 4) is 80.2 Å². The van der Waals surface area contributed by atoms with Gasteiger partial charge in [0.25, 0.3) is 17.7 Å². The Hall–Kier alpha value is -17.8. The maximum atomic E-state index is 12.2. The Morgan fingerprint density at radius 1 is 0.331 bits per heavy atom. The van der Waals surface area contributed by atoms with Crippen molar-refractivity contribution in [2.45, 2.75) is 13.8 Å². The van der Waals surface area contributed by atoms with Crippen LogP contribution in [0.4, 0.5) is 0 Å². The van der Waals surface area contributed by atoms with Crippen molar-refractivity contribution in [3.63, 3.8) is 0 Å². The average Bonchev–Trinajstić information content (AvgIpc) is 1.64. The molecule has 3 amide bonds. The van der Waals surface area contributed by atoms with Crippen LogP contribution in [-0.2, 0) is 9.47 Å². The lowest BCUT2D eigenvalue weighted by molar-refractivity contribution is 0.0512. The maximum absolute atomic E-state index is 12.2. The van der Waals surface area contributed by atoms with Crippen molar-refractivity contribution in [1.82, 2.24) is 60.1 Å². The van der Waals surface area contributed by atoms with Crippen LogP contribution >= 0.6 is 15.9 Å². The number of rotatable bonds is 23. The molecular weight excluding hydrogens is 1830 g/mol. The number of hydrogen-bond acceptors (Lipinski definition) is 23. The van der Waals surface area contributed by atoms with E-state index in [-0.39, 0.29) is 29.7 Å². The normalized spacial score (nSPS) is 10.4. The first-order valence-corrected chi connectivity index (χ1v) is 44.1. The molecule has 13 N–H and O–H groups in total. The van der Waals surface area contributed by atoms with Crippen LogP contribution in [0, 0.1) is 0 Å². The number of amides is 3. The molecular formula is C107H94BrN15O16. The Morgan fingerprint density at radius 3 is 0.885 bits per heavy atom. The second kappa shape index (κ2) is 50.4. The van der Waals surface area contributed by atoms with E-state index in [9.17, 15) is 24.0 Å². The highest BCUT2D eigenvalue weighted by Crippen LogP contribution is 2.33. The molecule has 0 aliphatic rings. The smallest absolute Gasteiger partial charge is 0.359 e. The number of hydrogen-bond donors (Lipinski definition) is 10. The van der Waals surface area contributed by atoms with Gasteiger partial charge in [0, 0.05) is 37.9 Å². The van der Waals surface area contributed by atoms with Crippen LogP contribution in [0.2, 0.25) is 0 Å². The summed E-state index contributed by atoms with van der Waals surface area (Å²) in [6.07, 6.45) is 0. The molecule has 15 aromatic carbocycles.